The fourth-order valence-corrected chi connectivity index (χ4v) is 2.33. The second kappa shape index (κ2) is 8.00. The fourth-order valence-electron chi connectivity index (χ4n) is 2.33. The molecule has 0 aliphatic heterocycles. The maximum Gasteiger partial charge on any atom is 0.252 e. The van der Waals surface area contributed by atoms with E-state index in [0.717, 1.165) is 24.3 Å². The van der Waals surface area contributed by atoms with Crippen molar-refractivity contribution in [1.82, 2.24) is 30.9 Å². The number of aryl methyl sites for hydroxylation is 1. The normalized spacial score (nSPS) is 10.4. The van der Waals surface area contributed by atoms with E-state index in [-0.39, 0.29) is 5.91 Å². The van der Waals surface area contributed by atoms with Gasteiger partial charge in [-0.2, -0.15) is 5.21 Å². The van der Waals surface area contributed by atoms with Gasteiger partial charge < -0.3 is 10.6 Å². The van der Waals surface area contributed by atoms with Gasteiger partial charge in [0.25, 0.3) is 5.91 Å². The fraction of sp³-hybridized carbons (Fsp3) is 0.235. The van der Waals surface area contributed by atoms with E-state index in [2.05, 4.69) is 36.2 Å². The molecule has 8 heteroatoms. The lowest BCUT2D eigenvalue weighted by Crippen LogP contribution is -2.26. The molecule has 8 nitrogen and oxygen atoms in total. The zero-order valence-corrected chi connectivity index (χ0v) is 13.9. The van der Waals surface area contributed by atoms with E-state index >= 15 is 0 Å². The lowest BCUT2D eigenvalue weighted by atomic mass is 10.1. The first-order chi connectivity index (χ1) is 12.2. The van der Waals surface area contributed by atoms with Crippen LogP contribution in [0, 0.1) is 6.92 Å². The number of pyridine rings is 1. The van der Waals surface area contributed by atoms with E-state index in [9.17, 15) is 4.79 Å². The Morgan fingerprint density at radius 1 is 1.16 bits per heavy atom. The number of carbonyl (C=O) groups excluding carboxylic acids is 1. The maximum absolute atomic E-state index is 12.4. The standard InChI is InChI=1S/C17H19N7O/c1-12-7-8-15(20-11-12)18-9-4-10-19-17(25)14-6-3-2-5-13(14)16-21-23-24-22-16/h2-3,5-8,11H,4,9-10H2,1H3,(H,18,20)(H,19,25)(H,21,22,23,24). The number of carbonyl (C=O) groups is 1. The van der Waals surface area contributed by atoms with Crippen LogP contribution in [0.2, 0.25) is 0 Å². The molecule has 3 rings (SSSR count). The molecule has 2 aromatic heterocycles. The summed E-state index contributed by atoms with van der Waals surface area (Å²) in [7, 11) is 0. The van der Waals surface area contributed by atoms with Gasteiger partial charge >= 0.3 is 0 Å². The van der Waals surface area contributed by atoms with Crippen molar-refractivity contribution in [1.29, 1.82) is 0 Å². The first-order valence-electron chi connectivity index (χ1n) is 8.01. The van der Waals surface area contributed by atoms with Crippen molar-refractivity contribution in [2.75, 3.05) is 18.4 Å². The van der Waals surface area contributed by atoms with Crippen LogP contribution in [0.5, 0.6) is 0 Å². The van der Waals surface area contributed by atoms with Crippen molar-refractivity contribution >= 4 is 11.7 Å². The minimum absolute atomic E-state index is 0.158. The summed E-state index contributed by atoms with van der Waals surface area (Å²) < 4.78 is 0. The van der Waals surface area contributed by atoms with Crippen molar-refractivity contribution in [3.63, 3.8) is 0 Å². The summed E-state index contributed by atoms with van der Waals surface area (Å²) >= 11 is 0. The number of aromatic amines is 1. The first kappa shape index (κ1) is 16.6. The maximum atomic E-state index is 12.4. The minimum atomic E-state index is -0.158. The number of nitrogens with one attached hydrogen (secondary N) is 3. The predicted octanol–water partition coefficient (Wildman–Crippen LogP) is 1.80. The number of anilines is 1. The van der Waals surface area contributed by atoms with Crippen molar-refractivity contribution in [3.05, 3.63) is 53.7 Å². The molecule has 1 amide bonds. The Hall–Kier alpha value is -3.29. The second-order valence-electron chi connectivity index (χ2n) is 5.54. The molecule has 128 valence electrons. The van der Waals surface area contributed by atoms with Crippen LogP contribution in [0.15, 0.2) is 42.6 Å². The third kappa shape index (κ3) is 4.37. The number of nitrogens with zero attached hydrogens (tertiary/aromatic N) is 4. The highest BCUT2D eigenvalue weighted by Crippen LogP contribution is 2.18. The number of rotatable bonds is 7. The molecular weight excluding hydrogens is 318 g/mol. The summed E-state index contributed by atoms with van der Waals surface area (Å²) in [6, 6.07) is 11.1. The molecule has 0 saturated heterocycles. The lowest BCUT2D eigenvalue weighted by molar-refractivity contribution is 0.0954. The highest BCUT2D eigenvalue weighted by Gasteiger charge is 2.14. The third-order valence-electron chi connectivity index (χ3n) is 3.61. The van der Waals surface area contributed by atoms with E-state index in [1.54, 1.807) is 12.1 Å². The molecule has 3 aromatic rings. The van der Waals surface area contributed by atoms with Crippen molar-refractivity contribution in [2.45, 2.75) is 13.3 Å². The van der Waals surface area contributed by atoms with Gasteiger partial charge in [0, 0.05) is 24.8 Å². The average Bonchev–Trinajstić information content (AvgIpc) is 3.17. The van der Waals surface area contributed by atoms with Crippen LogP contribution in [0.3, 0.4) is 0 Å². The summed E-state index contributed by atoms with van der Waals surface area (Å²) in [5.41, 5.74) is 2.30. The number of benzene rings is 1. The van der Waals surface area contributed by atoms with Gasteiger partial charge in [0.05, 0.1) is 5.56 Å². The van der Waals surface area contributed by atoms with Gasteiger partial charge in [-0.3, -0.25) is 4.79 Å². The van der Waals surface area contributed by atoms with Crippen LogP contribution >= 0.6 is 0 Å². The topological polar surface area (TPSA) is 108 Å². The number of aromatic nitrogens is 5. The Kier molecular flexibility index (Phi) is 5.30. The van der Waals surface area contributed by atoms with Gasteiger partial charge in [-0.1, -0.05) is 24.3 Å². The summed E-state index contributed by atoms with van der Waals surface area (Å²) in [6.07, 6.45) is 2.60. The highest BCUT2D eigenvalue weighted by molar-refractivity contribution is 6.00. The highest BCUT2D eigenvalue weighted by atomic mass is 16.1. The number of H-pyrrole nitrogens is 1. The van der Waals surface area contributed by atoms with E-state index in [0.29, 0.717) is 23.5 Å². The molecular formula is C17H19N7O. The van der Waals surface area contributed by atoms with Gasteiger partial charge in [0.15, 0.2) is 0 Å². The smallest absolute Gasteiger partial charge is 0.252 e. The van der Waals surface area contributed by atoms with E-state index in [1.165, 1.54) is 0 Å². The second-order valence-corrected chi connectivity index (χ2v) is 5.54. The van der Waals surface area contributed by atoms with E-state index in [4.69, 9.17) is 0 Å². The van der Waals surface area contributed by atoms with E-state index < -0.39 is 0 Å². The van der Waals surface area contributed by atoms with Crippen LogP contribution in [0.4, 0.5) is 5.82 Å². The van der Waals surface area contributed by atoms with Gasteiger partial charge in [0.2, 0.25) is 5.82 Å². The number of amides is 1. The Morgan fingerprint density at radius 3 is 2.80 bits per heavy atom. The van der Waals surface area contributed by atoms with Crippen molar-refractivity contribution in [3.8, 4) is 11.4 Å². The molecule has 2 heterocycles. The SMILES string of the molecule is Cc1ccc(NCCCNC(=O)c2ccccc2-c2nn[nH]n2)nc1. The Labute approximate surface area is 145 Å². The number of hydrogen-bond donors (Lipinski definition) is 3. The van der Waals surface area contributed by atoms with Gasteiger partial charge in [0.1, 0.15) is 5.82 Å². The zero-order chi connectivity index (χ0) is 17.5. The molecule has 0 atom stereocenters. The van der Waals surface area contributed by atoms with Gasteiger partial charge in [-0.25, -0.2) is 4.98 Å². The molecule has 1 aromatic carbocycles. The molecule has 0 radical (unpaired) electrons. The molecule has 0 unspecified atom stereocenters. The molecule has 0 spiro atoms. The molecule has 3 N–H and O–H groups in total. The molecule has 0 aliphatic rings. The van der Waals surface area contributed by atoms with Crippen LogP contribution in [0.25, 0.3) is 11.4 Å². The third-order valence-corrected chi connectivity index (χ3v) is 3.61. The van der Waals surface area contributed by atoms with Crippen LogP contribution < -0.4 is 10.6 Å². The molecule has 0 fully saturated rings. The monoisotopic (exact) mass is 337 g/mol. The Bertz CT molecular complexity index is 815. The van der Waals surface area contributed by atoms with E-state index in [1.807, 2.05) is 37.4 Å². The van der Waals surface area contributed by atoms with Crippen LogP contribution in [-0.4, -0.2) is 44.6 Å². The Balaban J connectivity index is 1.49. The summed E-state index contributed by atoms with van der Waals surface area (Å²) in [5.74, 6) is 1.08. The average molecular weight is 337 g/mol. The van der Waals surface area contributed by atoms with Crippen molar-refractivity contribution in [2.24, 2.45) is 0 Å². The largest absolute Gasteiger partial charge is 0.370 e. The first-order valence-corrected chi connectivity index (χ1v) is 8.01. The summed E-state index contributed by atoms with van der Waals surface area (Å²) in [5, 5.41) is 19.9. The predicted molar refractivity (Wildman–Crippen MR) is 94.0 cm³/mol. The molecule has 0 aliphatic carbocycles. The van der Waals surface area contributed by atoms with Crippen LogP contribution in [0.1, 0.15) is 22.3 Å². The lowest BCUT2D eigenvalue weighted by Gasteiger charge is -2.09. The molecule has 0 saturated carbocycles. The number of hydrogen-bond acceptors (Lipinski definition) is 6. The van der Waals surface area contributed by atoms with Gasteiger partial charge in [-0.05, 0) is 36.3 Å². The number of tetrazole rings is 1. The minimum Gasteiger partial charge on any atom is -0.370 e. The van der Waals surface area contributed by atoms with Crippen LogP contribution in [-0.2, 0) is 0 Å². The van der Waals surface area contributed by atoms with Gasteiger partial charge in [-0.15, -0.1) is 10.2 Å². The van der Waals surface area contributed by atoms with Crippen molar-refractivity contribution < 1.29 is 4.79 Å². The summed E-state index contributed by atoms with van der Waals surface area (Å²) in [4.78, 5) is 16.7. The zero-order valence-electron chi connectivity index (χ0n) is 13.9. The molecule has 0 bridgehead atoms. The summed E-state index contributed by atoms with van der Waals surface area (Å²) in [6.45, 7) is 3.28. The Morgan fingerprint density at radius 2 is 2.04 bits per heavy atom. The molecule has 25 heavy (non-hydrogen) atoms. The quantitative estimate of drug-likeness (QED) is 0.567.